The topological polar surface area (TPSA) is 92.7 Å². The van der Waals surface area contributed by atoms with Gasteiger partial charge in [-0.15, -0.1) is 23.1 Å². The van der Waals surface area contributed by atoms with Crippen molar-refractivity contribution in [3.8, 4) is 5.69 Å². The third-order valence-electron chi connectivity index (χ3n) is 5.24. The van der Waals surface area contributed by atoms with Crippen LogP contribution in [0.5, 0.6) is 0 Å². The van der Waals surface area contributed by atoms with Crippen LogP contribution in [0, 0.1) is 0 Å². The summed E-state index contributed by atoms with van der Waals surface area (Å²) >= 11 is 3.07. The van der Waals surface area contributed by atoms with E-state index in [0.29, 0.717) is 23.9 Å². The molecule has 158 valence electrons. The summed E-state index contributed by atoms with van der Waals surface area (Å²) in [5.74, 6) is 1.36. The van der Waals surface area contributed by atoms with Gasteiger partial charge in [0.25, 0.3) is 5.56 Å². The van der Waals surface area contributed by atoms with E-state index in [2.05, 4.69) is 20.4 Å². The Morgan fingerprint density at radius 3 is 3.00 bits per heavy atom. The van der Waals surface area contributed by atoms with Crippen LogP contribution in [-0.2, 0) is 29.9 Å². The molecular weight excluding hydrogens is 430 g/mol. The highest BCUT2D eigenvalue weighted by atomic mass is 32.2. The molecule has 0 radical (unpaired) electrons. The highest BCUT2D eigenvalue weighted by molar-refractivity contribution is 7.99. The Morgan fingerprint density at radius 2 is 2.13 bits per heavy atom. The van der Waals surface area contributed by atoms with Gasteiger partial charge >= 0.3 is 0 Å². The van der Waals surface area contributed by atoms with Crippen LogP contribution in [0.25, 0.3) is 15.9 Å². The summed E-state index contributed by atoms with van der Waals surface area (Å²) in [6.45, 7) is 0.425. The number of aromatic amines is 1. The number of hydrogen-bond acceptors (Lipinski definition) is 6. The van der Waals surface area contributed by atoms with E-state index >= 15 is 0 Å². The summed E-state index contributed by atoms with van der Waals surface area (Å²) < 4.78 is 1.79. The van der Waals surface area contributed by atoms with Crippen LogP contribution in [0.3, 0.4) is 0 Å². The van der Waals surface area contributed by atoms with Gasteiger partial charge in [-0.2, -0.15) is 5.10 Å². The van der Waals surface area contributed by atoms with Crippen LogP contribution >= 0.6 is 23.1 Å². The molecule has 1 amide bonds. The van der Waals surface area contributed by atoms with Gasteiger partial charge in [-0.05, 0) is 37.0 Å². The van der Waals surface area contributed by atoms with E-state index in [1.54, 1.807) is 22.2 Å². The number of aryl methyl sites for hydroxylation is 2. The molecule has 3 aromatic heterocycles. The summed E-state index contributed by atoms with van der Waals surface area (Å²) in [6.07, 6.45) is 6.80. The van der Waals surface area contributed by atoms with E-state index in [-0.39, 0.29) is 11.5 Å². The molecule has 7 nitrogen and oxygen atoms in total. The molecule has 1 aliphatic rings. The van der Waals surface area contributed by atoms with Gasteiger partial charge in [0, 0.05) is 23.2 Å². The van der Waals surface area contributed by atoms with Crippen LogP contribution in [0.1, 0.15) is 28.2 Å². The normalized spacial score (nSPS) is 12.9. The van der Waals surface area contributed by atoms with Crippen molar-refractivity contribution >= 4 is 39.2 Å². The Kier molecular flexibility index (Phi) is 5.61. The first-order chi connectivity index (χ1) is 15.2. The number of H-pyrrole nitrogens is 1. The minimum Gasteiger partial charge on any atom is -0.351 e. The second-order valence-electron chi connectivity index (χ2n) is 7.45. The van der Waals surface area contributed by atoms with E-state index in [1.165, 1.54) is 22.2 Å². The zero-order chi connectivity index (χ0) is 21.2. The predicted octanol–water partition coefficient (Wildman–Crippen LogP) is 3.21. The maximum atomic E-state index is 12.5. The Labute approximate surface area is 186 Å². The number of benzene rings is 1. The summed E-state index contributed by atoms with van der Waals surface area (Å²) in [6, 6.07) is 9.83. The molecule has 31 heavy (non-hydrogen) atoms. The number of carbonyl (C=O) groups is 1. The quantitative estimate of drug-likeness (QED) is 0.450. The Balaban J connectivity index is 1.13. The number of hydrogen-bond donors (Lipinski definition) is 2. The van der Waals surface area contributed by atoms with Gasteiger partial charge < -0.3 is 10.3 Å². The Morgan fingerprint density at radius 1 is 1.26 bits per heavy atom. The minimum atomic E-state index is -0.0593. The molecule has 0 fully saturated rings. The van der Waals surface area contributed by atoms with E-state index in [0.717, 1.165) is 40.7 Å². The second-order valence-corrected chi connectivity index (χ2v) is 9.52. The van der Waals surface area contributed by atoms with Crippen LogP contribution in [0.2, 0.25) is 0 Å². The van der Waals surface area contributed by atoms with Gasteiger partial charge in [0.05, 0.1) is 28.8 Å². The molecule has 0 saturated heterocycles. The lowest BCUT2D eigenvalue weighted by atomic mass is 10.2. The van der Waals surface area contributed by atoms with Gasteiger partial charge in [-0.1, -0.05) is 18.2 Å². The summed E-state index contributed by atoms with van der Waals surface area (Å²) in [5.41, 5.74) is 3.04. The number of nitrogens with one attached hydrogen (secondary N) is 2. The molecule has 3 heterocycles. The first kappa shape index (κ1) is 20.0. The fourth-order valence-electron chi connectivity index (χ4n) is 3.78. The number of amides is 1. The molecule has 2 N–H and O–H groups in total. The molecule has 0 spiro atoms. The molecule has 0 unspecified atom stereocenters. The van der Waals surface area contributed by atoms with Gasteiger partial charge in [0.2, 0.25) is 5.91 Å². The molecule has 0 aliphatic heterocycles. The molecule has 1 aromatic carbocycles. The summed E-state index contributed by atoms with van der Waals surface area (Å²) in [5, 5.41) is 8.01. The number of thioether (sulfide) groups is 1. The van der Waals surface area contributed by atoms with Crippen LogP contribution in [0.4, 0.5) is 0 Å². The lowest BCUT2D eigenvalue weighted by molar-refractivity contribution is -0.118. The highest BCUT2D eigenvalue weighted by Gasteiger charge is 2.21. The summed E-state index contributed by atoms with van der Waals surface area (Å²) in [7, 11) is 0. The lowest BCUT2D eigenvalue weighted by Crippen LogP contribution is -2.24. The van der Waals surface area contributed by atoms with Gasteiger partial charge in [0.15, 0.2) is 0 Å². The molecule has 1 aliphatic carbocycles. The fourth-order valence-corrected chi connectivity index (χ4v) is 5.78. The van der Waals surface area contributed by atoms with Crippen LogP contribution in [0.15, 0.2) is 47.5 Å². The summed E-state index contributed by atoms with van der Waals surface area (Å²) in [4.78, 5) is 34.3. The van der Waals surface area contributed by atoms with Crippen molar-refractivity contribution in [3.63, 3.8) is 0 Å². The van der Waals surface area contributed by atoms with Gasteiger partial charge in [-0.3, -0.25) is 9.59 Å². The highest BCUT2D eigenvalue weighted by Crippen LogP contribution is 2.34. The van der Waals surface area contributed by atoms with Crippen molar-refractivity contribution in [1.29, 1.82) is 0 Å². The third-order valence-corrected chi connectivity index (χ3v) is 7.37. The maximum Gasteiger partial charge on any atom is 0.259 e. The van der Waals surface area contributed by atoms with Crippen LogP contribution < -0.4 is 10.9 Å². The molecule has 0 saturated carbocycles. The fraction of sp³-hybridized carbons (Fsp3) is 0.273. The lowest BCUT2D eigenvalue weighted by Gasteiger charge is -2.04. The van der Waals surface area contributed by atoms with Crippen molar-refractivity contribution in [2.75, 3.05) is 5.75 Å². The monoisotopic (exact) mass is 451 g/mol. The SMILES string of the molecule is O=C(CSCc1nc2sc3c(c2c(=O)[nH]1)CCC3)NCc1cnn(-c2ccccc2)c1. The molecule has 9 heteroatoms. The first-order valence-electron chi connectivity index (χ1n) is 10.1. The van der Waals surface area contributed by atoms with E-state index < -0.39 is 0 Å². The zero-order valence-corrected chi connectivity index (χ0v) is 18.4. The van der Waals surface area contributed by atoms with Crippen molar-refractivity contribution in [2.45, 2.75) is 31.6 Å². The van der Waals surface area contributed by atoms with E-state index in [9.17, 15) is 9.59 Å². The second kappa shape index (κ2) is 8.68. The van der Waals surface area contributed by atoms with Crippen molar-refractivity contribution in [3.05, 3.63) is 74.9 Å². The zero-order valence-electron chi connectivity index (χ0n) is 16.8. The van der Waals surface area contributed by atoms with Gasteiger partial charge in [0.1, 0.15) is 10.7 Å². The molecule has 0 bridgehead atoms. The van der Waals surface area contributed by atoms with Crippen molar-refractivity contribution < 1.29 is 4.79 Å². The smallest absolute Gasteiger partial charge is 0.259 e. The van der Waals surface area contributed by atoms with E-state index in [1.807, 2.05) is 36.5 Å². The van der Waals surface area contributed by atoms with Crippen molar-refractivity contribution in [2.24, 2.45) is 0 Å². The molecule has 0 atom stereocenters. The van der Waals surface area contributed by atoms with Crippen LogP contribution in [-0.4, -0.2) is 31.4 Å². The van der Waals surface area contributed by atoms with E-state index in [4.69, 9.17) is 0 Å². The van der Waals surface area contributed by atoms with Crippen molar-refractivity contribution in [1.82, 2.24) is 25.1 Å². The first-order valence-corrected chi connectivity index (χ1v) is 12.1. The number of para-hydroxylation sites is 1. The minimum absolute atomic E-state index is 0.0557. The Hall–Kier alpha value is -2.91. The number of fused-ring (bicyclic) bond motifs is 3. The maximum absolute atomic E-state index is 12.5. The number of nitrogens with zero attached hydrogens (tertiary/aromatic N) is 3. The average molecular weight is 452 g/mol. The number of rotatable bonds is 7. The number of aromatic nitrogens is 4. The molecule has 5 rings (SSSR count). The third kappa shape index (κ3) is 4.28. The number of carbonyl (C=O) groups excluding carboxylic acids is 1. The van der Waals surface area contributed by atoms with Gasteiger partial charge in [-0.25, -0.2) is 9.67 Å². The Bertz CT molecular complexity index is 1290. The standard InChI is InChI=1S/C22H21N5O2S2/c28-19(23-9-14-10-24-27(11-14)15-5-2-1-3-6-15)13-30-12-18-25-21(29)20-16-7-4-8-17(16)31-22(20)26-18/h1-3,5-6,10-11H,4,7-9,12-13H2,(H,23,28)(H,25,26,29). The largest absolute Gasteiger partial charge is 0.351 e. The molecule has 4 aromatic rings. The predicted molar refractivity (Wildman–Crippen MR) is 124 cm³/mol. The molecular formula is C22H21N5O2S2. The number of thiophene rings is 1. The average Bonchev–Trinajstić information content (AvgIpc) is 3.49.